The van der Waals surface area contributed by atoms with Crippen LogP contribution < -0.4 is 4.74 Å². The number of likely N-dealkylation sites (tertiary alicyclic amines) is 1. The monoisotopic (exact) mass is 457 g/mol. The summed E-state index contributed by atoms with van der Waals surface area (Å²) >= 11 is 0. The Morgan fingerprint density at radius 1 is 0.912 bits per heavy atom. The van der Waals surface area contributed by atoms with Crippen LogP contribution in [0.1, 0.15) is 36.1 Å². The van der Waals surface area contributed by atoms with Crippen LogP contribution in [0.15, 0.2) is 79.0 Å². The fourth-order valence-electron chi connectivity index (χ4n) is 4.91. The van der Waals surface area contributed by atoms with E-state index in [9.17, 15) is 4.79 Å². The summed E-state index contributed by atoms with van der Waals surface area (Å²) in [6, 6.07) is 24.2. The molecule has 176 valence electrons. The molecule has 2 saturated heterocycles. The average Bonchev–Trinajstić information content (AvgIpc) is 3.04. The molecule has 3 heterocycles. The molecular weight excluding hydrogens is 426 g/mol. The van der Waals surface area contributed by atoms with E-state index in [4.69, 9.17) is 9.47 Å². The average molecular weight is 458 g/mol. The summed E-state index contributed by atoms with van der Waals surface area (Å²) in [4.78, 5) is 21.3. The molecule has 34 heavy (non-hydrogen) atoms. The van der Waals surface area contributed by atoms with Gasteiger partial charge in [-0.15, -0.1) is 0 Å². The number of pyridine rings is 1. The zero-order valence-corrected chi connectivity index (χ0v) is 19.4. The molecule has 2 fully saturated rings. The van der Waals surface area contributed by atoms with Crippen molar-refractivity contribution in [3.05, 3.63) is 95.8 Å². The van der Waals surface area contributed by atoms with Crippen LogP contribution >= 0.6 is 0 Å². The molecule has 5 rings (SSSR count). The highest BCUT2D eigenvalue weighted by atomic mass is 16.6. The number of amides is 1. The number of nitrogens with zero attached hydrogens (tertiary/aromatic N) is 3. The van der Waals surface area contributed by atoms with Crippen LogP contribution in [0, 0.1) is 0 Å². The maximum Gasteiger partial charge on any atom is 0.410 e. The van der Waals surface area contributed by atoms with Crippen LogP contribution in [0.25, 0.3) is 0 Å². The van der Waals surface area contributed by atoms with Crippen LogP contribution in [0.5, 0.6) is 5.75 Å². The first-order valence-electron chi connectivity index (χ1n) is 12.0. The van der Waals surface area contributed by atoms with Crippen LogP contribution in [0.3, 0.4) is 0 Å². The first-order valence-corrected chi connectivity index (χ1v) is 12.0. The molecule has 1 spiro atoms. The quantitative estimate of drug-likeness (QED) is 0.498. The van der Waals surface area contributed by atoms with Crippen molar-refractivity contribution in [2.45, 2.75) is 44.6 Å². The van der Waals surface area contributed by atoms with Gasteiger partial charge in [-0.1, -0.05) is 54.6 Å². The maximum absolute atomic E-state index is 12.6. The van der Waals surface area contributed by atoms with Crippen LogP contribution in [-0.4, -0.2) is 46.1 Å². The molecule has 1 atom stereocenters. The van der Waals surface area contributed by atoms with E-state index >= 15 is 0 Å². The minimum absolute atomic E-state index is 0.189. The number of benzene rings is 2. The number of carbonyl (C=O) groups is 1. The first kappa shape index (κ1) is 22.4. The number of para-hydroxylation sites is 1. The highest BCUT2D eigenvalue weighted by molar-refractivity contribution is 5.70. The number of hydrogen-bond acceptors (Lipinski definition) is 5. The third-order valence-electron chi connectivity index (χ3n) is 6.72. The Hall–Kier alpha value is -3.38. The largest absolute Gasteiger partial charge is 0.487 e. The van der Waals surface area contributed by atoms with Gasteiger partial charge in [-0.25, -0.2) is 4.79 Å². The summed E-state index contributed by atoms with van der Waals surface area (Å²) in [7, 11) is 0. The molecule has 2 aliphatic rings. The molecule has 3 aromatic rings. The van der Waals surface area contributed by atoms with Gasteiger partial charge in [0.25, 0.3) is 0 Å². The molecule has 0 radical (unpaired) electrons. The smallest absolute Gasteiger partial charge is 0.410 e. The van der Waals surface area contributed by atoms with Crippen LogP contribution in [-0.2, 0) is 24.4 Å². The fraction of sp³-hybridized carbons (Fsp3) is 0.357. The second kappa shape index (κ2) is 10.3. The van der Waals surface area contributed by atoms with Gasteiger partial charge in [0.15, 0.2) is 0 Å². The Kier molecular flexibility index (Phi) is 6.77. The highest BCUT2D eigenvalue weighted by Gasteiger charge is 2.45. The summed E-state index contributed by atoms with van der Waals surface area (Å²) in [6.07, 6.45) is 4.35. The number of hydrogen-bond donors (Lipinski definition) is 0. The molecule has 0 bridgehead atoms. The van der Waals surface area contributed by atoms with Crippen LogP contribution in [0.4, 0.5) is 4.79 Å². The van der Waals surface area contributed by atoms with Crippen LogP contribution in [0.2, 0.25) is 0 Å². The van der Waals surface area contributed by atoms with Gasteiger partial charge in [0.1, 0.15) is 18.0 Å². The lowest BCUT2D eigenvalue weighted by atomic mass is 9.95. The van der Waals surface area contributed by atoms with E-state index in [1.165, 1.54) is 5.56 Å². The number of aromatic nitrogens is 1. The van der Waals surface area contributed by atoms with Crippen molar-refractivity contribution < 1.29 is 14.3 Å². The summed E-state index contributed by atoms with van der Waals surface area (Å²) in [5, 5.41) is 0. The first-order chi connectivity index (χ1) is 16.7. The summed E-state index contributed by atoms with van der Waals surface area (Å²) in [6.45, 7) is 4.41. The Labute approximate surface area is 201 Å². The molecule has 0 saturated carbocycles. The highest BCUT2D eigenvalue weighted by Crippen LogP contribution is 2.34. The standard InChI is InChI=1S/C28H31N3O3/c32-27-31(19-23-9-2-1-3-10-23)22-28(34-27)14-8-17-30(18-15-28)20-24-11-4-5-13-26(24)33-21-25-12-6-7-16-29-25/h1-7,9-13,16H,8,14-15,17-22H2/t28-/m0/s1. The Morgan fingerprint density at radius 2 is 1.74 bits per heavy atom. The van der Waals surface area contributed by atoms with E-state index in [1.54, 1.807) is 6.20 Å². The lowest BCUT2D eigenvalue weighted by Gasteiger charge is -2.26. The van der Waals surface area contributed by atoms with E-state index in [0.29, 0.717) is 19.7 Å². The third-order valence-corrected chi connectivity index (χ3v) is 6.72. The van der Waals surface area contributed by atoms with Gasteiger partial charge in [0.05, 0.1) is 12.2 Å². The Balaban J connectivity index is 1.19. The fourth-order valence-corrected chi connectivity index (χ4v) is 4.91. The normalized spacial score (nSPS) is 20.8. The minimum atomic E-state index is -0.379. The van der Waals surface area contributed by atoms with Crippen molar-refractivity contribution in [2.24, 2.45) is 0 Å². The molecule has 1 aromatic heterocycles. The van der Waals surface area contributed by atoms with Crippen molar-refractivity contribution in [1.29, 1.82) is 0 Å². The number of carbonyl (C=O) groups excluding carboxylic acids is 1. The molecule has 1 amide bonds. The van der Waals surface area contributed by atoms with Gasteiger partial charge in [-0.05, 0) is 43.1 Å². The van der Waals surface area contributed by atoms with Crippen molar-refractivity contribution >= 4 is 6.09 Å². The lowest BCUT2D eigenvalue weighted by molar-refractivity contribution is 0.0443. The molecule has 0 aliphatic carbocycles. The molecule has 0 unspecified atom stereocenters. The van der Waals surface area contributed by atoms with Gasteiger partial charge >= 0.3 is 6.09 Å². The molecule has 6 nitrogen and oxygen atoms in total. The van der Waals surface area contributed by atoms with E-state index < -0.39 is 0 Å². The molecular formula is C28H31N3O3. The zero-order valence-electron chi connectivity index (χ0n) is 19.4. The van der Waals surface area contributed by atoms with E-state index in [-0.39, 0.29) is 11.7 Å². The Bertz CT molecular complexity index is 1090. The SMILES string of the molecule is O=C1O[C@]2(CCCN(Cc3ccccc3OCc3ccccn3)CC2)CN1Cc1ccccc1. The van der Waals surface area contributed by atoms with Gasteiger partial charge in [-0.2, -0.15) is 0 Å². The summed E-state index contributed by atoms with van der Waals surface area (Å²) in [5.41, 5.74) is 2.84. The van der Waals surface area contributed by atoms with E-state index in [1.807, 2.05) is 53.4 Å². The third kappa shape index (κ3) is 5.39. The predicted molar refractivity (Wildman–Crippen MR) is 130 cm³/mol. The maximum atomic E-state index is 12.6. The van der Waals surface area contributed by atoms with Crippen molar-refractivity contribution in [1.82, 2.24) is 14.8 Å². The van der Waals surface area contributed by atoms with Gasteiger partial charge in [0, 0.05) is 37.8 Å². The van der Waals surface area contributed by atoms with Crippen molar-refractivity contribution in [2.75, 3.05) is 19.6 Å². The van der Waals surface area contributed by atoms with Crippen molar-refractivity contribution in [3.8, 4) is 5.75 Å². The predicted octanol–water partition coefficient (Wildman–Crippen LogP) is 5.04. The second-order valence-electron chi connectivity index (χ2n) is 9.24. The van der Waals surface area contributed by atoms with Gasteiger partial charge < -0.3 is 9.47 Å². The van der Waals surface area contributed by atoms with Gasteiger partial charge in [0.2, 0.25) is 0 Å². The minimum Gasteiger partial charge on any atom is -0.487 e. The Morgan fingerprint density at radius 3 is 2.59 bits per heavy atom. The number of ether oxygens (including phenoxy) is 2. The van der Waals surface area contributed by atoms with Gasteiger partial charge in [-0.3, -0.25) is 14.8 Å². The van der Waals surface area contributed by atoms with E-state index in [0.717, 1.165) is 55.9 Å². The lowest BCUT2D eigenvalue weighted by Crippen LogP contribution is -2.35. The second-order valence-corrected chi connectivity index (χ2v) is 9.24. The summed E-state index contributed by atoms with van der Waals surface area (Å²) < 4.78 is 12.1. The molecule has 0 N–H and O–H groups in total. The summed E-state index contributed by atoms with van der Waals surface area (Å²) in [5.74, 6) is 0.897. The molecule has 2 aromatic carbocycles. The molecule has 2 aliphatic heterocycles. The van der Waals surface area contributed by atoms with Crippen molar-refractivity contribution in [3.63, 3.8) is 0 Å². The topological polar surface area (TPSA) is 54.9 Å². The zero-order chi connectivity index (χ0) is 23.2. The van der Waals surface area contributed by atoms with E-state index in [2.05, 4.69) is 34.1 Å². The number of rotatable bonds is 7. The molecule has 6 heteroatoms.